The summed E-state index contributed by atoms with van der Waals surface area (Å²) in [6.07, 6.45) is 4.58. The molecule has 0 amide bonds. The molecule has 3 rings (SSSR count). The highest BCUT2D eigenvalue weighted by molar-refractivity contribution is 5.85. The number of benzene rings is 2. The fraction of sp³-hybridized carbons (Fsp3) is 0.211. The van der Waals surface area contributed by atoms with Gasteiger partial charge in [0.1, 0.15) is 0 Å². The topological polar surface area (TPSA) is 38.9 Å². The minimum atomic E-state index is -0.0154. The summed E-state index contributed by atoms with van der Waals surface area (Å²) in [7, 11) is 0. The SMILES string of the molecule is Cc1ccc(C)c(CC(N)c2cccc3ccncc23)c1. The van der Waals surface area contributed by atoms with Gasteiger partial charge in [0.05, 0.1) is 0 Å². The zero-order valence-corrected chi connectivity index (χ0v) is 12.5. The zero-order chi connectivity index (χ0) is 14.8. The van der Waals surface area contributed by atoms with Gasteiger partial charge in [0, 0.05) is 23.8 Å². The van der Waals surface area contributed by atoms with Gasteiger partial charge in [0.25, 0.3) is 0 Å². The fourth-order valence-corrected chi connectivity index (χ4v) is 2.83. The maximum atomic E-state index is 6.48. The first kappa shape index (κ1) is 13.8. The lowest BCUT2D eigenvalue weighted by Crippen LogP contribution is -2.14. The van der Waals surface area contributed by atoms with E-state index < -0.39 is 0 Å². The number of fused-ring (bicyclic) bond motifs is 1. The lowest BCUT2D eigenvalue weighted by Gasteiger charge is -2.16. The van der Waals surface area contributed by atoms with Crippen LogP contribution in [-0.4, -0.2) is 4.98 Å². The van der Waals surface area contributed by atoms with Crippen molar-refractivity contribution in [2.24, 2.45) is 5.73 Å². The van der Waals surface area contributed by atoms with E-state index >= 15 is 0 Å². The summed E-state index contributed by atoms with van der Waals surface area (Å²) in [5.41, 5.74) is 11.6. The highest BCUT2D eigenvalue weighted by Gasteiger charge is 2.12. The normalized spacial score (nSPS) is 12.5. The molecule has 0 bridgehead atoms. The molecule has 0 radical (unpaired) electrons. The monoisotopic (exact) mass is 276 g/mol. The molecule has 0 aliphatic heterocycles. The highest BCUT2D eigenvalue weighted by atomic mass is 14.6. The summed E-state index contributed by atoms with van der Waals surface area (Å²) in [6, 6.07) is 14.8. The molecule has 0 aliphatic rings. The minimum Gasteiger partial charge on any atom is -0.324 e. The Balaban J connectivity index is 1.97. The van der Waals surface area contributed by atoms with Gasteiger partial charge in [-0.25, -0.2) is 0 Å². The molecule has 1 aromatic heterocycles. The Kier molecular flexibility index (Phi) is 3.72. The minimum absolute atomic E-state index is 0.0154. The Labute approximate surface area is 125 Å². The maximum Gasteiger partial charge on any atom is 0.0349 e. The van der Waals surface area contributed by atoms with E-state index in [0.29, 0.717) is 0 Å². The summed E-state index contributed by atoms with van der Waals surface area (Å²) < 4.78 is 0. The molecule has 0 saturated carbocycles. The Morgan fingerprint density at radius 3 is 2.81 bits per heavy atom. The van der Waals surface area contributed by atoms with Crippen molar-refractivity contribution in [2.75, 3.05) is 0 Å². The number of hydrogen-bond donors (Lipinski definition) is 1. The molecule has 0 aliphatic carbocycles. The van der Waals surface area contributed by atoms with Crippen molar-refractivity contribution in [3.63, 3.8) is 0 Å². The molecule has 1 atom stereocenters. The molecular formula is C19H20N2. The number of hydrogen-bond acceptors (Lipinski definition) is 2. The number of aromatic nitrogens is 1. The van der Waals surface area contributed by atoms with Crippen LogP contribution in [0.5, 0.6) is 0 Å². The molecule has 0 saturated heterocycles. The van der Waals surface area contributed by atoms with Gasteiger partial charge in [-0.1, -0.05) is 42.0 Å². The van der Waals surface area contributed by atoms with Crippen LogP contribution >= 0.6 is 0 Å². The second-order valence-electron chi connectivity index (χ2n) is 5.68. The zero-order valence-electron chi connectivity index (χ0n) is 12.5. The lowest BCUT2D eigenvalue weighted by atomic mass is 9.93. The van der Waals surface area contributed by atoms with Crippen LogP contribution < -0.4 is 5.73 Å². The van der Waals surface area contributed by atoms with E-state index in [0.717, 1.165) is 11.8 Å². The van der Waals surface area contributed by atoms with E-state index in [9.17, 15) is 0 Å². The summed E-state index contributed by atoms with van der Waals surface area (Å²) in [6.45, 7) is 4.27. The van der Waals surface area contributed by atoms with E-state index in [2.05, 4.69) is 55.2 Å². The molecule has 106 valence electrons. The largest absolute Gasteiger partial charge is 0.324 e. The Morgan fingerprint density at radius 1 is 1.10 bits per heavy atom. The van der Waals surface area contributed by atoms with Crippen LogP contribution in [0.3, 0.4) is 0 Å². The van der Waals surface area contributed by atoms with Gasteiger partial charge < -0.3 is 5.73 Å². The number of pyridine rings is 1. The van der Waals surface area contributed by atoms with Gasteiger partial charge >= 0.3 is 0 Å². The van der Waals surface area contributed by atoms with Crippen molar-refractivity contribution < 1.29 is 0 Å². The number of nitrogens with zero attached hydrogens (tertiary/aromatic N) is 1. The molecular weight excluding hydrogens is 256 g/mol. The number of aryl methyl sites for hydroxylation is 2. The molecule has 1 unspecified atom stereocenters. The van der Waals surface area contributed by atoms with E-state index in [-0.39, 0.29) is 6.04 Å². The Morgan fingerprint density at radius 2 is 1.95 bits per heavy atom. The van der Waals surface area contributed by atoms with Gasteiger partial charge in [0.15, 0.2) is 0 Å². The van der Waals surface area contributed by atoms with Crippen molar-refractivity contribution in [1.82, 2.24) is 4.98 Å². The van der Waals surface area contributed by atoms with Crippen molar-refractivity contribution in [2.45, 2.75) is 26.3 Å². The van der Waals surface area contributed by atoms with Crippen LogP contribution in [0.25, 0.3) is 10.8 Å². The van der Waals surface area contributed by atoms with Crippen molar-refractivity contribution >= 4 is 10.8 Å². The van der Waals surface area contributed by atoms with E-state index in [1.165, 1.54) is 27.6 Å². The third-order valence-corrected chi connectivity index (χ3v) is 4.06. The molecule has 2 heteroatoms. The van der Waals surface area contributed by atoms with Gasteiger partial charge in [-0.15, -0.1) is 0 Å². The van der Waals surface area contributed by atoms with Gasteiger partial charge in [-0.2, -0.15) is 0 Å². The predicted molar refractivity (Wildman–Crippen MR) is 88.3 cm³/mol. The van der Waals surface area contributed by atoms with Crippen molar-refractivity contribution in [3.8, 4) is 0 Å². The van der Waals surface area contributed by atoms with Crippen LogP contribution in [0.4, 0.5) is 0 Å². The number of nitrogens with two attached hydrogens (primary N) is 1. The predicted octanol–water partition coefficient (Wildman–Crippen LogP) is 4.09. The fourth-order valence-electron chi connectivity index (χ4n) is 2.83. The molecule has 2 N–H and O–H groups in total. The first-order valence-electron chi connectivity index (χ1n) is 7.29. The Bertz CT molecular complexity index is 772. The third kappa shape index (κ3) is 2.81. The first-order valence-corrected chi connectivity index (χ1v) is 7.29. The Hall–Kier alpha value is -2.19. The van der Waals surface area contributed by atoms with Crippen molar-refractivity contribution in [3.05, 3.63) is 77.1 Å². The second kappa shape index (κ2) is 5.66. The molecule has 2 aromatic carbocycles. The first-order chi connectivity index (χ1) is 10.1. The maximum absolute atomic E-state index is 6.48. The average Bonchev–Trinajstić information content (AvgIpc) is 2.50. The van der Waals surface area contributed by atoms with Gasteiger partial charge in [0.2, 0.25) is 0 Å². The highest BCUT2D eigenvalue weighted by Crippen LogP contribution is 2.25. The standard InChI is InChI=1S/C19H20N2/c1-13-6-7-14(2)16(10-13)11-19(20)17-5-3-4-15-8-9-21-12-18(15)17/h3-10,12,19H,11,20H2,1-2H3. The van der Waals surface area contributed by atoms with Crippen LogP contribution in [0.15, 0.2) is 54.9 Å². The third-order valence-electron chi connectivity index (χ3n) is 4.06. The molecule has 3 aromatic rings. The lowest BCUT2D eigenvalue weighted by molar-refractivity contribution is 0.724. The van der Waals surface area contributed by atoms with Crippen LogP contribution in [0, 0.1) is 13.8 Å². The van der Waals surface area contributed by atoms with Crippen LogP contribution in [0.2, 0.25) is 0 Å². The summed E-state index contributed by atoms with van der Waals surface area (Å²) >= 11 is 0. The van der Waals surface area contributed by atoms with Gasteiger partial charge in [-0.05, 0) is 48.4 Å². The molecule has 0 spiro atoms. The smallest absolute Gasteiger partial charge is 0.0349 e. The molecule has 1 heterocycles. The molecule has 2 nitrogen and oxygen atoms in total. The van der Waals surface area contributed by atoms with Crippen LogP contribution in [0.1, 0.15) is 28.3 Å². The average molecular weight is 276 g/mol. The van der Waals surface area contributed by atoms with E-state index in [1.807, 2.05) is 18.5 Å². The second-order valence-corrected chi connectivity index (χ2v) is 5.68. The van der Waals surface area contributed by atoms with Crippen molar-refractivity contribution in [1.29, 1.82) is 0 Å². The number of rotatable bonds is 3. The summed E-state index contributed by atoms with van der Waals surface area (Å²) in [5.74, 6) is 0. The molecule has 21 heavy (non-hydrogen) atoms. The van der Waals surface area contributed by atoms with Gasteiger partial charge in [-0.3, -0.25) is 4.98 Å². The summed E-state index contributed by atoms with van der Waals surface area (Å²) in [5, 5.41) is 2.34. The van der Waals surface area contributed by atoms with E-state index in [1.54, 1.807) is 0 Å². The quantitative estimate of drug-likeness (QED) is 0.782. The van der Waals surface area contributed by atoms with E-state index in [4.69, 9.17) is 5.73 Å². The summed E-state index contributed by atoms with van der Waals surface area (Å²) in [4.78, 5) is 4.24. The molecule has 0 fully saturated rings. The van der Waals surface area contributed by atoms with Crippen LogP contribution in [-0.2, 0) is 6.42 Å².